The molecular weight excluding hydrogens is 220 g/mol. The monoisotopic (exact) mass is 236 g/mol. The Morgan fingerprint density at radius 1 is 1.62 bits per heavy atom. The normalized spacial score (nSPS) is 20.2. The molecule has 0 radical (unpaired) electrons. The lowest BCUT2D eigenvalue weighted by atomic mass is 9.94. The van der Waals surface area contributed by atoms with E-state index in [4.69, 9.17) is 10.5 Å². The average molecular weight is 236 g/mol. The summed E-state index contributed by atoms with van der Waals surface area (Å²) in [5.41, 5.74) is 6.86. The average Bonchev–Trinajstić information content (AvgIpc) is 2.64. The van der Waals surface area contributed by atoms with Crippen molar-refractivity contribution in [3.8, 4) is 0 Å². The van der Waals surface area contributed by atoms with Crippen LogP contribution in [0.5, 0.6) is 0 Å². The minimum Gasteiger partial charge on any atom is -0.497 e. The van der Waals surface area contributed by atoms with Crippen LogP contribution < -0.4 is 5.73 Å². The van der Waals surface area contributed by atoms with E-state index in [9.17, 15) is 0 Å². The highest BCUT2D eigenvalue weighted by molar-refractivity contribution is 7.15. The molecule has 4 heteroatoms. The van der Waals surface area contributed by atoms with Gasteiger partial charge in [-0.25, -0.2) is 4.98 Å². The Bertz CT molecular complexity index is 434. The molecule has 0 aliphatic heterocycles. The van der Waals surface area contributed by atoms with Crippen LogP contribution >= 0.6 is 11.3 Å². The van der Waals surface area contributed by atoms with E-state index in [2.05, 4.69) is 24.1 Å². The van der Waals surface area contributed by atoms with E-state index in [-0.39, 0.29) is 0 Å². The number of rotatable bonds is 3. The Hall–Kier alpha value is -1.29. The fraction of sp³-hybridized carbons (Fsp3) is 0.417. The molecule has 0 aromatic carbocycles. The number of methoxy groups -OCH3 is 1. The second kappa shape index (κ2) is 4.70. The van der Waals surface area contributed by atoms with Crippen LogP contribution in [0, 0.1) is 5.92 Å². The summed E-state index contributed by atoms with van der Waals surface area (Å²) in [5, 5.41) is 0.627. The molecular formula is C12H16N2OS. The smallest absolute Gasteiger partial charge is 0.180 e. The quantitative estimate of drug-likeness (QED) is 0.878. The molecule has 0 bridgehead atoms. The van der Waals surface area contributed by atoms with Gasteiger partial charge in [-0.3, -0.25) is 0 Å². The van der Waals surface area contributed by atoms with E-state index in [1.54, 1.807) is 7.11 Å². The molecule has 1 aromatic rings. The third-order valence-corrected chi connectivity index (χ3v) is 3.46. The van der Waals surface area contributed by atoms with Gasteiger partial charge >= 0.3 is 0 Å². The van der Waals surface area contributed by atoms with Crippen LogP contribution in [0.2, 0.25) is 0 Å². The van der Waals surface area contributed by atoms with E-state index in [0.29, 0.717) is 11.0 Å². The second-order valence-corrected chi connectivity index (χ2v) is 5.17. The fourth-order valence-electron chi connectivity index (χ4n) is 1.87. The number of hydrogen-bond acceptors (Lipinski definition) is 4. The van der Waals surface area contributed by atoms with Crippen molar-refractivity contribution >= 4 is 16.5 Å². The van der Waals surface area contributed by atoms with Crippen molar-refractivity contribution in [3.63, 3.8) is 0 Å². The van der Waals surface area contributed by atoms with Gasteiger partial charge in [0.2, 0.25) is 0 Å². The number of anilines is 1. The zero-order valence-corrected chi connectivity index (χ0v) is 10.4. The summed E-state index contributed by atoms with van der Waals surface area (Å²) < 4.78 is 5.38. The third kappa shape index (κ3) is 2.44. The Morgan fingerprint density at radius 3 is 3.06 bits per heavy atom. The highest BCUT2D eigenvalue weighted by Gasteiger charge is 2.14. The Labute approximate surface area is 99.6 Å². The van der Waals surface area contributed by atoms with E-state index in [1.807, 2.05) is 6.20 Å². The maximum atomic E-state index is 5.62. The molecule has 0 amide bonds. The number of ether oxygens (including phenoxy) is 1. The fourth-order valence-corrected chi connectivity index (χ4v) is 2.58. The maximum Gasteiger partial charge on any atom is 0.180 e. The largest absolute Gasteiger partial charge is 0.497 e. The SMILES string of the molecule is COC1=CCC(C)C=C1Cc1cnc(N)s1. The molecule has 0 spiro atoms. The van der Waals surface area contributed by atoms with Crippen LogP contribution in [0.1, 0.15) is 18.2 Å². The molecule has 3 nitrogen and oxygen atoms in total. The molecule has 1 unspecified atom stereocenters. The van der Waals surface area contributed by atoms with Gasteiger partial charge < -0.3 is 10.5 Å². The van der Waals surface area contributed by atoms with Crippen LogP contribution in [0.4, 0.5) is 5.13 Å². The van der Waals surface area contributed by atoms with E-state index >= 15 is 0 Å². The number of aromatic nitrogens is 1. The van der Waals surface area contributed by atoms with E-state index in [0.717, 1.165) is 18.6 Å². The Morgan fingerprint density at radius 2 is 2.44 bits per heavy atom. The third-order valence-electron chi connectivity index (χ3n) is 2.63. The summed E-state index contributed by atoms with van der Waals surface area (Å²) in [7, 11) is 1.72. The Kier molecular flexibility index (Phi) is 3.29. The van der Waals surface area contributed by atoms with Crippen molar-refractivity contribution in [2.75, 3.05) is 12.8 Å². The first-order chi connectivity index (χ1) is 7.69. The summed E-state index contributed by atoms with van der Waals surface area (Å²) in [6, 6.07) is 0. The summed E-state index contributed by atoms with van der Waals surface area (Å²) in [6.07, 6.45) is 8.18. The van der Waals surface area contributed by atoms with Gasteiger partial charge in [-0.15, -0.1) is 11.3 Å². The molecule has 0 saturated heterocycles. The van der Waals surface area contributed by atoms with Crippen LogP contribution in [0.25, 0.3) is 0 Å². The van der Waals surface area contributed by atoms with Gasteiger partial charge in [-0.1, -0.05) is 13.0 Å². The van der Waals surface area contributed by atoms with Crippen molar-refractivity contribution in [2.45, 2.75) is 19.8 Å². The number of hydrogen-bond donors (Lipinski definition) is 1. The summed E-state index contributed by atoms with van der Waals surface area (Å²) in [4.78, 5) is 5.24. The Balaban J connectivity index is 2.16. The van der Waals surface area contributed by atoms with Gasteiger partial charge in [0.1, 0.15) is 5.76 Å². The van der Waals surface area contributed by atoms with Crippen LogP contribution in [-0.4, -0.2) is 12.1 Å². The summed E-state index contributed by atoms with van der Waals surface area (Å²) in [6.45, 7) is 2.21. The van der Waals surface area contributed by atoms with Gasteiger partial charge in [-0.05, 0) is 24.0 Å². The van der Waals surface area contributed by atoms with E-state index < -0.39 is 0 Å². The number of nitrogens with zero attached hydrogens (tertiary/aromatic N) is 1. The molecule has 1 atom stereocenters. The topological polar surface area (TPSA) is 48.1 Å². The standard InChI is InChI=1S/C12H16N2OS/c1-8-3-4-11(15-2)9(5-8)6-10-7-14-12(13)16-10/h4-5,7-8H,3,6H2,1-2H3,(H2,13,14). The van der Waals surface area contributed by atoms with Gasteiger partial charge in [0.05, 0.1) is 7.11 Å². The summed E-state index contributed by atoms with van der Waals surface area (Å²) >= 11 is 1.54. The lowest BCUT2D eigenvalue weighted by molar-refractivity contribution is 0.293. The van der Waals surface area contributed by atoms with Crippen LogP contribution in [0.15, 0.2) is 29.7 Å². The van der Waals surface area contributed by atoms with Crippen molar-refractivity contribution in [1.82, 2.24) is 4.98 Å². The number of nitrogen functional groups attached to an aromatic ring is 1. The van der Waals surface area contributed by atoms with Crippen LogP contribution in [0.3, 0.4) is 0 Å². The second-order valence-electron chi connectivity index (χ2n) is 4.02. The molecule has 1 aliphatic rings. The van der Waals surface area contributed by atoms with Crippen molar-refractivity contribution < 1.29 is 4.74 Å². The first kappa shape index (κ1) is 11.2. The first-order valence-corrected chi connectivity index (χ1v) is 6.16. The lowest BCUT2D eigenvalue weighted by Gasteiger charge is -2.18. The molecule has 86 valence electrons. The molecule has 0 fully saturated rings. The number of thiazole rings is 1. The lowest BCUT2D eigenvalue weighted by Crippen LogP contribution is -2.05. The van der Waals surface area contributed by atoms with Gasteiger partial charge in [0, 0.05) is 17.5 Å². The summed E-state index contributed by atoms with van der Waals surface area (Å²) in [5.74, 6) is 1.57. The van der Waals surface area contributed by atoms with Crippen molar-refractivity contribution in [2.24, 2.45) is 5.92 Å². The first-order valence-electron chi connectivity index (χ1n) is 5.34. The van der Waals surface area contributed by atoms with Crippen LogP contribution in [-0.2, 0) is 11.2 Å². The predicted molar refractivity (Wildman–Crippen MR) is 67.2 cm³/mol. The van der Waals surface area contributed by atoms with Crippen molar-refractivity contribution in [3.05, 3.63) is 34.6 Å². The molecule has 1 heterocycles. The highest BCUT2D eigenvalue weighted by Crippen LogP contribution is 2.28. The highest BCUT2D eigenvalue weighted by atomic mass is 32.1. The molecule has 16 heavy (non-hydrogen) atoms. The minimum absolute atomic E-state index is 0.583. The minimum atomic E-state index is 0.583. The maximum absolute atomic E-state index is 5.62. The number of nitrogens with two attached hydrogens (primary N) is 1. The molecule has 1 aromatic heterocycles. The molecule has 2 N–H and O–H groups in total. The van der Waals surface area contributed by atoms with E-state index in [1.165, 1.54) is 21.8 Å². The zero-order chi connectivity index (χ0) is 11.5. The predicted octanol–water partition coefficient (Wildman–Crippen LogP) is 2.76. The van der Waals surface area contributed by atoms with Gasteiger partial charge in [0.15, 0.2) is 5.13 Å². The van der Waals surface area contributed by atoms with Gasteiger partial charge in [0.25, 0.3) is 0 Å². The zero-order valence-electron chi connectivity index (χ0n) is 9.56. The molecule has 1 aliphatic carbocycles. The van der Waals surface area contributed by atoms with Crippen molar-refractivity contribution in [1.29, 1.82) is 0 Å². The molecule has 2 rings (SSSR count). The van der Waals surface area contributed by atoms with Gasteiger partial charge in [-0.2, -0.15) is 0 Å². The number of allylic oxidation sites excluding steroid dienone is 3. The molecule has 0 saturated carbocycles.